The molecule has 0 saturated heterocycles. The summed E-state index contributed by atoms with van der Waals surface area (Å²) in [5.41, 5.74) is -0.0636. The minimum absolute atomic E-state index is 0.0318. The molecule has 0 saturated carbocycles. The Bertz CT molecular complexity index is 248. The molecule has 0 spiro atoms. The van der Waals surface area contributed by atoms with E-state index >= 15 is 0 Å². The monoisotopic (exact) mass is 206 g/mol. The van der Waals surface area contributed by atoms with Crippen molar-refractivity contribution in [3.63, 3.8) is 0 Å². The summed E-state index contributed by atoms with van der Waals surface area (Å²) < 4.78 is 0. The van der Waals surface area contributed by atoms with E-state index in [1.165, 1.54) is 0 Å². The first-order valence-corrected chi connectivity index (χ1v) is 5.36. The SMILES string of the molecule is [C-]#[N+]C(CC([N+]#[C-])C(C)(C)C)C(C)(C)C. The van der Waals surface area contributed by atoms with Gasteiger partial charge < -0.3 is 9.69 Å². The van der Waals surface area contributed by atoms with Crippen molar-refractivity contribution >= 4 is 0 Å². The van der Waals surface area contributed by atoms with Crippen LogP contribution in [-0.4, -0.2) is 12.1 Å². The summed E-state index contributed by atoms with van der Waals surface area (Å²) in [6, 6.07) is -0.119. The molecule has 0 radical (unpaired) electrons. The van der Waals surface area contributed by atoms with Crippen molar-refractivity contribution in [2.24, 2.45) is 10.8 Å². The predicted molar refractivity (Wildman–Crippen MR) is 64.3 cm³/mol. The largest absolute Gasteiger partial charge is 0.313 e. The number of rotatable bonds is 2. The first kappa shape index (κ1) is 14.0. The Kier molecular flexibility index (Phi) is 4.35. The van der Waals surface area contributed by atoms with Crippen LogP contribution in [-0.2, 0) is 0 Å². The molecule has 0 aromatic carbocycles. The van der Waals surface area contributed by atoms with Crippen LogP contribution in [0.25, 0.3) is 9.69 Å². The zero-order valence-electron chi connectivity index (χ0n) is 10.8. The zero-order valence-corrected chi connectivity index (χ0v) is 10.8. The van der Waals surface area contributed by atoms with Gasteiger partial charge in [-0.1, -0.05) is 41.5 Å². The molecule has 0 aliphatic rings. The molecule has 0 rings (SSSR count). The van der Waals surface area contributed by atoms with E-state index in [2.05, 4.69) is 51.2 Å². The Morgan fingerprint density at radius 1 is 0.800 bits per heavy atom. The third kappa shape index (κ3) is 4.34. The maximum atomic E-state index is 7.21. The molecule has 2 atom stereocenters. The number of nitrogens with zero attached hydrogens (tertiary/aromatic N) is 2. The third-order valence-electron chi connectivity index (χ3n) is 2.76. The molecule has 2 nitrogen and oxygen atoms in total. The fourth-order valence-electron chi connectivity index (χ4n) is 1.41. The van der Waals surface area contributed by atoms with Gasteiger partial charge in [-0.25, -0.2) is 13.1 Å². The minimum atomic E-state index is -0.0594. The third-order valence-corrected chi connectivity index (χ3v) is 2.76. The quantitative estimate of drug-likeness (QED) is 0.603. The zero-order chi connectivity index (χ0) is 12.3. The first-order chi connectivity index (χ1) is 6.62. The Morgan fingerprint density at radius 3 is 1.20 bits per heavy atom. The fraction of sp³-hybridized carbons (Fsp3) is 0.846. The highest BCUT2D eigenvalue weighted by molar-refractivity contribution is 4.99. The lowest BCUT2D eigenvalue weighted by atomic mass is 9.77. The summed E-state index contributed by atoms with van der Waals surface area (Å²) >= 11 is 0. The average molecular weight is 206 g/mol. The van der Waals surface area contributed by atoms with Crippen LogP contribution < -0.4 is 0 Å². The van der Waals surface area contributed by atoms with Gasteiger partial charge in [-0.3, -0.25) is 0 Å². The van der Waals surface area contributed by atoms with Gasteiger partial charge in [-0.05, 0) is 0 Å². The van der Waals surface area contributed by atoms with E-state index in [9.17, 15) is 0 Å². The van der Waals surface area contributed by atoms with Crippen LogP contribution in [0.4, 0.5) is 0 Å². The Morgan fingerprint density at radius 2 is 1.07 bits per heavy atom. The van der Waals surface area contributed by atoms with Crippen LogP contribution in [0.5, 0.6) is 0 Å². The van der Waals surface area contributed by atoms with E-state index in [1.807, 2.05) is 0 Å². The van der Waals surface area contributed by atoms with Crippen molar-refractivity contribution < 1.29 is 0 Å². The topological polar surface area (TPSA) is 8.72 Å². The second kappa shape index (κ2) is 4.67. The normalized spacial score (nSPS) is 16.3. The Balaban J connectivity index is 4.72. The molecule has 0 fully saturated rings. The molecule has 84 valence electrons. The standard InChI is InChI=1S/C13H22N2/c1-12(2,3)10(14-7)9-11(15-8)13(4,5)6/h10-11H,9H2,1-6H3. The average Bonchev–Trinajstić information content (AvgIpc) is 2.01. The van der Waals surface area contributed by atoms with Crippen LogP contribution in [0.15, 0.2) is 0 Å². The van der Waals surface area contributed by atoms with E-state index in [0.717, 1.165) is 0 Å². The smallest absolute Gasteiger partial charge is 0.235 e. The molecule has 0 N–H and O–H groups in total. The minimum Gasteiger partial charge on any atom is -0.313 e. The molecule has 0 aliphatic heterocycles. The summed E-state index contributed by atoms with van der Waals surface area (Å²) in [7, 11) is 0. The lowest BCUT2D eigenvalue weighted by Gasteiger charge is -2.25. The van der Waals surface area contributed by atoms with Gasteiger partial charge in [-0.2, -0.15) is 0 Å². The molecule has 0 aliphatic carbocycles. The van der Waals surface area contributed by atoms with Crippen LogP contribution in [0.1, 0.15) is 48.0 Å². The summed E-state index contributed by atoms with van der Waals surface area (Å²) in [6.45, 7) is 26.8. The lowest BCUT2D eigenvalue weighted by Crippen LogP contribution is -2.32. The van der Waals surface area contributed by atoms with E-state index in [4.69, 9.17) is 13.1 Å². The number of hydrogen-bond acceptors (Lipinski definition) is 0. The molecule has 0 heterocycles. The van der Waals surface area contributed by atoms with Gasteiger partial charge in [0, 0.05) is 10.8 Å². The van der Waals surface area contributed by atoms with Crippen LogP contribution >= 0.6 is 0 Å². The molecule has 0 aromatic rings. The van der Waals surface area contributed by atoms with Gasteiger partial charge in [0.25, 0.3) is 0 Å². The second-order valence-electron chi connectivity index (χ2n) is 6.26. The van der Waals surface area contributed by atoms with Crippen molar-refractivity contribution in [2.45, 2.75) is 60.0 Å². The molecule has 2 heteroatoms. The van der Waals surface area contributed by atoms with Gasteiger partial charge in [-0.15, -0.1) is 0 Å². The van der Waals surface area contributed by atoms with Gasteiger partial charge in [0.2, 0.25) is 12.1 Å². The molecule has 2 unspecified atom stereocenters. The van der Waals surface area contributed by atoms with Crippen molar-refractivity contribution in [1.29, 1.82) is 0 Å². The summed E-state index contributed by atoms with van der Waals surface area (Å²) in [5.74, 6) is 0. The van der Waals surface area contributed by atoms with E-state index < -0.39 is 0 Å². The van der Waals surface area contributed by atoms with Gasteiger partial charge in [0.15, 0.2) is 0 Å². The predicted octanol–water partition coefficient (Wildman–Crippen LogP) is 4.04. The maximum absolute atomic E-state index is 7.21. The van der Waals surface area contributed by atoms with Crippen LogP contribution in [0.2, 0.25) is 0 Å². The van der Waals surface area contributed by atoms with Crippen molar-refractivity contribution in [3.05, 3.63) is 22.8 Å². The molecule has 0 aromatic heterocycles. The van der Waals surface area contributed by atoms with E-state index in [0.29, 0.717) is 6.42 Å². The van der Waals surface area contributed by atoms with Crippen molar-refractivity contribution in [2.75, 3.05) is 0 Å². The van der Waals surface area contributed by atoms with Crippen molar-refractivity contribution in [3.8, 4) is 0 Å². The second-order valence-corrected chi connectivity index (χ2v) is 6.26. The summed E-state index contributed by atoms with van der Waals surface area (Å²) in [6.07, 6.45) is 0.681. The van der Waals surface area contributed by atoms with Crippen LogP contribution in [0, 0.1) is 24.0 Å². The highest BCUT2D eigenvalue weighted by Gasteiger charge is 2.40. The highest BCUT2D eigenvalue weighted by Crippen LogP contribution is 2.33. The summed E-state index contributed by atoms with van der Waals surface area (Å²) in [4.78, 5) is 7.33. The number of hydrogen-bond donors (Lipinski definition) is 0. The van der Waals surface area contributed by atoms with Crippen molar-refractivity contribution in [1.82, 2.24) is 0 Å². The van der Waals surface area contributed by atoms with Gasteiger partial charge in [0.05, 0.1) is 6.42 Å². The summed E-state index contributed by atoms with van der Waals surface area (Å²) in [5, 5.41) is 0. The Labute approximate surface area is 94.3 Å². The molecule has 0 bridgehead atoms. The molecule has 15 heavy (non-hydrogen) atoms. The van der Waals surface area contributed by atoms with Crippen LogP contribution in [0.3, 0.4) is 0 Å². The Hall–Kier alpha value is -1.02. The van der Waals surface area contributed by atoms with E-state index in [1.54, 1.807) is 0 Å². The molecular formula is C13H22N2. The molecule has 0 amide bonds. The fourth-order valence-corrected chi connectivity index (χ4v) is 1.41. The lowest BCUT2D eigenvalue weighted by molar-refractivity contribution is 0.274. The maximum Gasteiger partial charge on any atom is 0.235 e. The van der Waals surface area contributed by atoms with Gasteiger partial charge in [0.1, 0.15) is 0 Å². The first-order valence-electron chi connectivity index (χ1n) is 5.36. The highest BCUT2D eigenvalue weighted by atomic mass is 14.8. The molecular weight excluding hydrogens is 184 g/mol. The van der Waals surface area contributed by atoms with Gasteiger partial charge >= 0.3 is 0 Å². The van der Waals surface area contributed by atoms with E-state index in [-0.39, 0.29) is 22.9 Å².